The summed E-state index contributed by atoms with van der Waals surface area (Å²) in [5.41, 5.74) is 6.27. The van der Waals surface area contributed by atoms with E-state index in [1.165, 1.54) is 5.56 Å². The van der Waals surface area contributed by atoms with Gasteiger partial charge in [0, 0.05) is 41.1 Å². The molecule has 0 bridgehead atoms. The molecule has 7 nitrogen and oxygen atoms in total. The van der Waals surface area contributed by atoms with Crippen LogP contribution >= 0.6 is 0 Å². The molecule has 0 fully saturated rings. The van der Waals surface area contributed by atoms with Gasteiger partial charge >= 0.3 is 6.09 Å². The van der Waals surface area contributed by atoms with Gasteiger partial charge in [-0.05, 0) is 47.4 Å². The number of nitrogens with one attached hydrogen (secondary N) is 3. The van der Waals surface area contributed by atoms with E-state index in [9.17, 15) is 9.90 Å². The summed E-state index contributed by atoms with van der Waals surface area (Å²) in [6.07, 6.45) is 4.78. The fraction of sp³-hybridized carbons (Fsp3) is 0.133. The van der Waals surface area contributed by atoms with Gasteiger partial charge < -0.3 is 25.5 Å². The first-order valence-electron chi connectivity index (χ1n) is 12.1. The molecule has 0 radical (unpaired) electrons. The molecule has 2 aromatic heterocycles. The van der Waals surface area contributed by atoms with Crippen molar-refractivity contribution in [3.05, 3.63) is 115 Å². The van der Waals surface area contributed by atoms with Gasteiger partial charge in [0.05, 0.1) is 12.2 Å². The standard InChI is InChI=1S/C30H28N4O3/c35-30(36)34-26(14-24-18-33-29-9-5-4-8-28(24)29)20-37-27-15-23(17-31-19-27)22-12-10-21(11-13-22)16-32-25-6-2-1-3-7-25/h1-13,15,17-19,26,32-34H,14,16,20H2,(H,35,36). The second-order valence-electron chi connectivity index (χ2n) is 8.85. The maximum Gasteiger partial charge on any atom is 0.405 e. The maximum atomic E-state index is 11.4. The molecule has 0 spiro atoms. The van der Waals surface area contributed by atoms with Crippen molar-refractivity contribution in [2.45, 2.75) is 19.0 Å². The zero-order valence-corrected chi connectivity index (χ0v) is 20.2. The van der Waals surface area contributed by atoms with Crippen LogP contribution < -0.4 is 15.4 Å². The number of H-pyrrole nitrogens is 1. The van der Waals surface area contributed by atoms with E-state index in [2.05, 4.69) is 44.9 Å². The lowest BCUT2D eigenvalue weighted by Gasteiger charge is -2.18. The van der Waals surface area contributed by atoms with Crippen LogP contribution in [0.15, 0.2) is 104 Å². The Balaban J connectivity index is 1.23. The van der Waals surface area contributed by atoms with Crippen molar-refractivity contribution in [2.24, 2.45) is 0 Å². The number of rotatable bonds is 10. The fourth-order valence-electron chi connectivity index (χ4n) is 4.32. The Morgan fingerprint density at radius 2 is 1.73 bits per heavy atom. The summed E-state index contributed by atoms with van der Waals surface area (Å²) in [6.45, 7) is 0.918. The minimum atomic E-state index is -1.08. The molecule has 186 valence electrons. The topological polar surface area (TPSA) is 99.3 Å². The van der Waals surface area contributed by atoms with Crippen molar-refractivity contribution in [3.63, 3.8) is 0 Å². The number of hydrogen-bond acceptors (Lipinski definition) is 4. The summed E-state index contributed by atoms with van der Waals surface area (Å²) in [5.74, 6) is 0.587. The predicted molar refractivity (Wildman–Crippen MR) is 146 cm³/mol. The Morgan fingerprint density at radius 3 is 2.54 bits per heavy atom. The molecule has 2 heterocycles. The summed E-state index contributed by atoms with van der Waals surface area (Å²) in [4.78, 5) is 19.0. The van der Waals surface area contributed by atoms with Crippen molar-refractivity contribution in [3.8, 4) is 16.9 Å². The van der Waals surface area contributed by atoms with Crippen LogP contribution in [0.3, 0.4) is 0 Å². The van der Waals surface area contributed by atoms with Crippen LogP contribution in [0.4, 0.5) is 10.5 Å². The van der Waals surface area contributed by atoms with Gasteiger partial charge in [-0.25, -0.2) is 4.79 Å². The SMILES string of the molecule is O=C(O)NC(COc1cncc(-c2ccc(CNc3ccccc3)cc2)c1)Cc1c[nH]c2ccccc12. The lowest BCUT2D eigenvalue weighted by Crippen LogP contribution is -2.39. The number of aromatic nitrogens is 2. The number of aromatic amines is 1. The molecule has 1 unspecified atom stereocenters. The van der Waals surface area contributed by atoms with Crippen LogP contribution in [-0.2, 0) is 13.0 Å². The number of benzene rings is 3. The summed E-state index contributed by atoms with van der Waals surface area (Å²) < 4.78 is 5.99. The van der Waals surface area contributed by atoms with Gasteiger partial charge in [0.1, 0.15) is 12.4 Å². The first kappa shape index (κ1) is 23.9. The minimum Gasteiger partial charge on any atom is -0.490 e. The average Bonchev–Trinajstić information content (AvgIpc) is 3.34. The number of anilines is 1. The number of amides is 1. The second kappa shape index (κ2) is 11.3. The molecule has 0 saturated heterocycles. The van der Waals surface area contributed by atoms with E-state index in [-0.39, 0.29) is 6.61 Å². The zero-order chi connectivity index (χ0) is 25.5. The third-order valence-corrected chi connectivity index (χ3v) is 6.19. The van der Waals surface area contributed by atoms with E-state index in [0.717, 1.165) is 39.8 Å². The fourth-order valence-corrected chi connectivity index (χ4v) is 4.32. The Morgan fingerprint density at radius 1 is 0.946 bits per heavy atom. The number of fused-ring (bicyclic) bond motifs is 1. The molecule has 1 atom stereocenters. The van der Waals surface area contributed by atoms with Crippen molar-refractivity contribution < 1.29 is 14.6 Å². The monoisotopic (exact) mass is 492 g/mol. The highest BCUT2D eigenvalue weighted by Gasteiger charge is 2.16. The molecule has 37 heavy (non-hydrogen) atoms. The highest BCUT2D eigenvalue weighted by Crippen LogP contribution is 2.24. The van der Waals surface area contributed by atoms with Crippen molar-refractivity contribution in [2.75, 3.05) is 11.9 Å². The Kier molecular flexibility index (Phi) is 7.31. The quantitative estimate of drug-likeness (QED) is 0.189. The number of ether oxygens (including phenoxy) is 1. The maximum absolute atomic E-state index is 11.4. The van der Waals surface area contributed by atoms with Gasteiger partial charge in [0.15, 0.2) is 0 Å². The van der Waals surface area contributed by atoms with E-state index >= 15 is 0 Å². The van der Waals surface area contributed by atoms with Crippen LogP contribution in [0.25, 0.3) is 22.0 Å². The molecule has 1 amide bonds. The van der Waals surface area contributed by atoms with E-state index in [1.54, 1.807) is 12.4 Å². The number of carboxylic acid groups (broad SMARTS) is 1. The van der Waals surface area contributed by atoms with Gasteiger partial charge in [0.2, 0.25) is 0 Å². The van der Waals surface area contributed by atoms with Crippen molar-refractivity contribution in [1.29, 1.82) is 0 Å². The summed E-state index contributed by atoms with van der Waals surface area (Å²) >= 11 is 0. The smallest absolute Gasteiger partial charge is 0.405 e. The Bertz CT molecular complexity index is 1470. The normalized spacial score (nSPS) is 11.7. The third-order valence-electron chi connectivity index (χ3n) is 6.19. The van der Waals surface area contributed by atoms with E-state index in [0.29, 0.717) is 12.2 Å². The van der Waals surface area contributed by atoms with Crippen LogP contribution in [0, 0.1) is 0 Å². The van der Waals surface area contributed by atoms with Gasteiger partial charge in [-0.15, -0.1) is 0 Å². The third kappa shape index (κ3) is 6.27. The first-order valence-corrected chi connectivity index (χ1v) is 12.1. The van der Waals surface area contributed by atoms with E-state index in [1.807, 2.05) is 66.9 Å². The van der Waals surface area contributed by atoms with Crippen LogP contribution in [0.5, 0.6) is 5.75 Å². The highest BCUT2D eigenvalue weighted by molar-refractivity contribution is 5.83. The summed E-state index contributed by atoms with van der Waals surface area (Å²) in [7, 11) is 0. The number of hydrogen-bond donors (Lipinski definition) is 4. The largest absolute Gasteiger partial charge is 0.490 e. The number of nitrogens with zero attached hydrogens (tertiary/aromatic N) is 1. The first-order chi connectivity index (χ1) is 18.1. The molecule has 0 aliphatic rings. The van der Waals surface area contributed by atoms with Crippen molar-refractivity contribution >= 4 is 22.7 Å². The predicted octanol–water partition coefficient (Wildman–Crippen LogP) is 6.10. The molecular weight excluding hydrogens is 464 g/mol. The highest BCUT2D eigenvalue weighted by atomic mass is 16.5. The van der Waals surface area contributed by atoms with Gasteiger partial charge in [-0.1, -0.05) is 60.7 Å². The summed E-state index contributed by atoms with van der Waals surface area (Å²) in [5, 5.41) is 16.4. The van der Waals surface area contributed by atoms with Crippen molar-refractivity contribution in [1.82, 2.24) is 15.3 Å². The van der Waals surface area contributed by atoms with Crippen LogP contribution in [0.1, 0.15) is 11.1 Å². The zero-order valence-electron chi connectivity index (χ0n) is 20.2. The van der Waals surface area contributed by atoms with Gasteiger partial charge in [0.25, 0.3) is 0 Å². The number of pyridine rings is 1. The molecular formula is C30H28N4O3. The lowest BCUT2D eigenvalue weighted by atomic mass is 10.0. The molecule has 5 rings (SSSR count). The Hall–Kier alpha value is -4.78. The summed E-state index contributed by atoms with van der Waals surface area (Å²) in [6, 6.07) is 27.9. The molecule has 5 aromatic rings. The number of para-hydroxylation sites is 2. The molecule has 7 heteroatoms. The van der Waals surface area contributed by atoms with Gasteiger partial charge in [-0.2, -0.15) is 0 Å². The minimum absolute atomic E-state index is 0.182. The van der Waals surface area contributed by atoms with E-state index in [4.69, 9.17) is 4.74 Å². The van der Waals surface area contributed by atoms with E-state index < -0.39 is 12.1 Å². The molecule has 0 aliphatic heterocycles. The lowest BCUT2D eigenvalue weighted by molar-refractivity contribution is 0.181. The van der Waals surface area contributed by atoms with Crippen LogP contribution in [0.2, 0.25) is 0 Å². The van der Waals surface area contributed by atoms with Crippen LogP contribution in [-0.4, -0.2) is 33.8 Å². The molecule has 4 N–H and O–H groups in total. The second-order valence-corrected chi connectivity index (χ2v) is 8.85. The Labute approximate surface area is 215 Å². The number of carbonyl (C=O) groups is 1. The average molecular weight is 493 g/mol. The molecule has 0 aliphatic carbocycles. The molecule has 3 aromatic carbocycles. The molecule has 0 saturated carbocycles. The van der Waals surface area contributed by atoms with Gasteiger partial charge in [-0.3, -0.25) is 4.98 Å².